The van der Waals surface area contributed by atoms with E-state index in [1.807, 2.05) is 20.8 Å². The molecule has 3 heteroatoms. The van der Waals surface area contributed by atoms with Crippen LogP contribution in [0.5, 0.6) is 0 Å². The first-order valence-electron chi connectivity index (χ1n) is 3.05. The van der Waals surface area contributed by atoms with E-state index in [1.165, 1.54) is 0 Å². The van der Waals surface area contributed by atoms with E-state index in [-0.39, 0.29) is 16.8 Å². The maximum Gasteiger partial charge on any atom is 0.112 e. The molecule has 0 N–H and O–H groups in total. The molecule has 2 unspecified atom stereocenters. The minimum absolute atomic E-state index is 0.0478. The van der Waals surface area contributed by atoms with Crippen molar-refractivity contribution in [2.75, 3.05) is 0 Å². The van der Waals surface area contributed by atoms with Crippen molar-refractivity contribution in [2.24, 2.45) is 0 Å². The van der Waals surface area contributed by atoms with E-state index in [9.17, 15) is 0 Å². The monoisotopic (exact) mass is 166 g/mol. The van der Waals surface area contributed by atoms with Gasteiger partial charge in [-0.3, -0.25) is 0 Å². The second-order valence-electron chi connectivity index (χ2n) is 2.32. The van der Waals surface area contributed by atoms with E-state index in [0.717, 1.165) is 0 Å². The summed E-state index contributed by atoms with van der Waals surface area (Å²) in [6, 6.07) is 0. The van der Waals surface area contributed by atoms with Crippen molar-refractivity contribution in [3.05, 3.63) is 0 Å². The van der Waals surface area contributed by atoms with Crippen LogP contribution in [-0.4, -0.2) is 16.8 Å². The minimum Gasteiger partial charge on any atom is -0.364 e. The van der Waals surface area contributed by atoms with Crippen LogP contribution in [0.1, 0.15) is 20.8 Å². The second-order valence-corrected chi connectivity index (χ2v) is 3.64. The Hall–Kier alpha value is 0.660. The summed E-state index contributed by atoms with van der Waals surface area (Å²) in [5.74, 6) is 0. The second kappa shape index (κ2) is 4.47. The quantitative estimate of drug-likeness (QED) is 0.481. The van der Waals surface area contributed by atoms with Crippen LogP contribution < -0.4 is 0 Å². The van der Waals surface area contributed by atoms with Crippen molar-refractivity contribution in [1.82, 2.24) is 0 Å². The first-order chi connectivity index (χ1) is 4.04. The normalized spacial score (nSPS) is 18.0. The molecule has 0 rings (SSSR count). The third-order valence-electron chi connectivity index (χ3n) is 0.824. The van der Waals surface area contributed by atoms with Gasteiger partial charge in [0.2, 0.25) is 0 Å². The highest BCUT2D eigenvalue weighted by molar-refractivity contribution is 7.85. The Bertz CT molecular complexity index is 73.5. The number of ether oxygens (including phenoxy) is 1. The Morgan fingerprint density at radius 2 is 1.56 bits per heavy atom. The Balaban J connectivity index is 3.38. The van der Waals surface area contributed by atoms with Gasteiger partial charge in [-0.2, -0.15) is 12.6 Å². The zero-order valence-corrected chi connectivity index (χ0v) is 7.82. The van der Waals surface area contributed by atoms with Crippen molar-refractivity contribution < 1.29 is 4.74 Å². The summed E-state index contributed by atoms with van der Waals surface area (Å²) in [4.78, 5) is 0. The van der Waals surface area contributed by atoms with E-state index in [0.29, 0.717) is 0 Å². The third kappa shape index (κ3) is 5.12. The number of hydrogen-bond donors (Lipinski definition) is 2. The number of thiol groups is 2. The number of hydrogen-bond acceptors (Lipinski definition) is 3. The fourth-order valence-electron chi connectivity index (χ4n) is 0.393. The maximum atomic E-state index is 5.30. The first-order valence-corrected chi connectivity index (χ1v) is 4.09. The molecule has 0 fully saturated rings. The Kier molecular flexibility index (Phi) is 4.80. The molecule has 0 heterocycles. The Morgan fingerprint density at radius 1 is 1.11 bits per heavy atom. The Labute approximate surface area is 68.0 Å². The molecule has 0 aliphatic rings. The summed E-state index contributed by atoms with van der Waals surface area (Å²) < 4.78 is 5.30. The zero-order chi connectivity index (χ0) is 7.44. The van der Waals surface area contributed by atoms with E-state index in [4.69, 9.17) is 4.74 Å². The predicted molar refractivity (Wildman–Crippen MR) is 47.4 cm³/mol. The lowest BCUT2D eigenvalue weighted by atomic mass is 10.4. The molecular weight excluding hydrogens is 152 g/mol. The van der Waals surface area contributed by atoms with Gasteiger partial charge in [0.15, 0.2) is 0 Å². The molecule has 56 valence electrons. The maximum absolute atomic E-state index is 5.30. The van der Waals surface area contributed by atoms with Crippen LogP contribution >= 0.6 is 25.3 Å². The molecule has 0 aliphatic heterocycles. The Morgan fingerprint density at radius 3 is 1.67 bits per heavy atom. The molecule has 1 nitrogen and oxygen atoms in total. The van der Waals surface area contributed by atoms with Gasteiger partial charge in [-0.25, -0.2) is 0 Å². The van der Waals surface area contributed by atoms with Crippen LogP contribution in [0.3, 0.4) is 0 Å². The van der Waals surface area contributed by atoms with Gasteiger partial charge in [-0.15, -0.1) is 12.6 Å². The summed E-state index contributed by atoms with van der Waals surface area (Å²) in [7, 11) is 0. The molecule has 0 saturated carbocycles. The molecule has 0 bridgehead atoms. The van der Waals surface area contributed by atoms with Crippen LogP contribution in [-0.2, 0) is 4.74 Å². The highest BCUT2D eigenvalue weighted by Gasteiger charge is 2.09. The summed E-state index contributed by atoms with van der Waals surface area (Å²) in [6.45, 7) is 5.93. The lowest BCUT2D eigenvalue weighted by molar-refractivity contribution is 0.0619. The van der Waals surface area contributed by atoms with Gasteiger partial charge < -0.3 is 4.74 Å². The first kappa shape index (κ1) is 9.66. The fraction of sp³-hybridized carbons (Fsp3) is 1.00. The van der Waals surface area contributed by atoms with Gasteiger partial charge in [0, 0.05) is 5.25 Å². The topological polar surface area (TPSA) is 9.23 Å². The van der Waals surface area contributed by atoms with Gasteiger partial charge in [0.05, 0.1) is 6.10 Å². The van der Waals surface area contributed by atoms with Gasteiger partial charge in [0.1, 0.15) is 5.44 Å². The van der Waals surface area contributed by atoms with Crippen LogP contribution in [0.25, 0.3) is 0 Å². The van der Waals surface area contributed by atoms with Crippen molar-refractivity contribution >= 4 is 25.3 Å². The molecule has 0 radical (unpaired) electrons. The SMILES string of the molecule is CC(C)OC(S)C(C)S. The molecular formula is C6H14OS2. The predicted octanol–water partition coefficient (Wildman–Crippen LogP) is 1.99. The van der Waals surface area contributed by atoms with Gasteiger partial charge >= 0.3 is 0 Å². The van der Waals surface area contributed by atoms with E-state index < -0.39 is 0 Å². The van der Waals surface area contributed by atoms with E-state index >= 15 is 0 Å². The average molecular weight is 166 g/mol. The van der Waals surface area contributed by atoms with Crippen LogP contribution in [0, 0.1) is 0 Å². The van der Waals surface area contributed by atoms with Crippen molar-refractivity contribution in [3.63, 3.8) is 0 Å². The zero-order valence-electron chi connectivity index (χ0n) is 6.03. The molecule has 0 amide bonds. The summed E-state index contributed by atoms with van der Waals surface area (Å²) in [6.07, 6.45) is 0.238. The minimum atomic E-state index is -0.0478. The highest BCUT2D eigenvalue weighted by Crippen LogP contribution is 2.11. The third-order valence-corrected chi connectivity index (χ3v) is 1.90. The van der Waals surface area contributed by atoms with Gasteiger partial charge in [-0.1, -0.05) is 6.92 Å². The highest BCUT2D eigenvalue weighted by atomic mass is 32.1. The molecule has 0 aliphatic carbocycles. The molecule has 2 atom stereocenters. The van der Waals surface area contributed by atoms with Gasteiger partial charge in [0.25, 0.3) is 0 Å². The lowest BCUT2D eigenvalue weighted by Gasteiger charge is -2.17. The summed E-state index contributed by atoms with van der Waals surface area (Å²) >= 11 is 8.33. The van der Waals surface area contributed by atoms with Crippen molar-refractivity contribution in [2.45, 2.75) is 37.6 Å². The smallest absolute Gasteiger partial charge is 0.112 e. The summed E-state index contributed by atoms with van der Waals surface area (Å²) in [5, 5.41) is 0.190. The van der Waals surface area contributed by atoms with Gasteiger partial charge in [-0.05, 0) is 13.8 Å². The summed E-state index contributed by atoms with van der Waals surface area (Å²) in [5.41, 5.74) is -0.0478. The average Bonchev–Trinajstić information content (AvgIpc) is 1.63. The number of rotatable bonds is 3. The van der Waals surface area contributed by atoms with Crippen LogP contribution in [0.2, 0.25) is 0 Å². The molecule has 0 aromatic rings. The largest absolute Gasteiger partial charge is 0.364 e. The van der Waals surface area contributed by atoms with Crippen LogP contribution in [0.4, 0.5) is 0 Å². The van der Waals surface area contributed by atoms with Crippen molar-refractivity contribution in [3.8, 4) is 0 Å². The molecule has 0 spiro atoms. The van der Waals surface area contributed by atoms with E-state index in [2.05, 4.69) is 25.3 Å². The molecule has 0 aromatic carbocycles. The standard InChI is InChI=1S/C6H14OS2/c1-4(2)7-6(9)5(3)8/h4-6,8-9H,1-3H3. The molecule has 0 aromatic heterocycles. The fourth-order valence-corrected chi connectivity index (χ4v) is 0.706. The lowest BCUT2D eigenvalue weighted by Crippen LogP contribution is -2.19. The van der Waals surface area contributed by atoms with Crippen LogP contribution in [0.15, 0.2) is 0 Å². The molecule has 9 heavy (non-hydrogen) atoms. The van der Waals surface area contributed by atoms with Crippen molar-refractivity contribution in [1.29, 1.82) is 0 Å². The molecule has 0 saturated heterocycles. The van der Waals surface area contributed by atoms with E-state index in [1.54, 1.807) is 0 Å².